The van der Waals surface area contributed by atoms with E-state index < -0.39 is 10.0 Å². The Morgan fingerprint density at radius 1 is 1.13 bits per heavy atom. The summed E-state index contributed by atoms with van der Waals surface area (Å²) in [6, 6.07) is 1.73. The molecule has 4 rings (SSSR count). The van der Waals surface area contributed by atoms with Crippen molar-refractivity contribution < 1.29 is 13.2 Å². The quantitative estimate of drug-likeness (QED) is 0.519. The third-order valence-electron chi connectivity index (χ3n) is 3.97. The summed E-state index contributed by atoms with van der Waals surface area (Å²) in [5, 5.41) is 1.97. The first-order chi connectivity index (χ1) is 14.9. The van der Waals surface area contributed by atoms with E-state index in [1.54, 1.807) is 12.3 Å². The molecule has 0 saturated carbocycles. The zero-order valence-corrected chi connectivity index (χ0v) is 21.6. The second-order valence-electron chi connectivity index (χ2n) is 6.07. The largest absolute Gasteiger partial charge is 0.378 e. The van der Waals surface area contributed by atoms with Crippen molar-refractivity contribution >= 4 is 59.1 Å². The van der Waals surface area contributed by atoms with Gasteiger partial charge in [-0.25, -0.2) is 18.4 Å². The molecule has 0 bridgehead atoms. The third kappa shape index (κ3) is 6.58. The number of morpholine rings is 1. The number of pyridine rings is 1. The van der Waals surface area contributed by atoms with Gasteiger partial charge in [0.05, 0.1) is 46.2 Å². The number of fused-ring (bicyclic) bond motifs is 1. The maximum atomic E-state index is 11.5. The second-order valence-corrected chi connectivity index (χ2v) is 9.55. The number of hydrogen-bond donors (Lipinski definition) is 1. The van der Waals surface area contributed by atoms with Crippen molar-refractivity contribution in [2.75, 3.05) is 42.2 Å². The van der Waals surface area contributed by atoms with E-state index in [1.165, 1.54) is 17.5 Å². The molecule has 1 N–H and O–H groups in total. The highest BCUT2D eigenvalue weighted by Crippen LogP contribution is 2.37. The summed E-state index contributed by atoms with van der Waals surface area (Å²) in [6.07, 6.45) is 4.25. The van der Waals surface area contributed by atoms with E-state index in [4.69, 9.17) is 14.7 Å². The van der Waals surface area contributed by atoms with Crippen LogP contribution in [0.15, 0.2) is 28.3 Å². The lowest BCUT2D eigenvalue weighted by Crippen LogP contribution is -2.37. The Kier molecular flexibility index (Phi) is 9.60. The Hall–Kier alpha value is -1.82. The number of thiophene rings is 1. The molecule has 4 heterocycles. The fraction of sp³-hybridized carbons (Fsp3) is 0.450. The maximum absolute atomic E-state index is 11.5. The van der Waals surface area contributed by atoms with Gasteiger partial charge in [-0.2, -0.15) is 0 Å². The van der Waals surface area contributed by atoms with E-state index in [1.807, 2.05) is 33.1 Å². The van der Waals surface area contributed by atoms with Crippen LogP contribution in [0.5, 0.6) is 0 Å². The topological polar surface area (TPSA) is 97.3 Å². The van der Waals surface area contributed by atoms with Crippen molar-refractivity contribution in [3.63, 3.8) is 0 Å². The first-order valence-corrected chi connectivity index (χ1v) is 13.7. The molecule has 0 aromatic carbocycles. The molecular weight excluding hydrogens is 502 g/mol. The standard InChI is InChI=1S/C16H16BrN5O3S2.2C2H6/c1-27(23,24)21-11-6-10(7-18-8-11)13-15-14(12(17)9-26-15)20-16(19-13)22-2-4-25-5-3-22;2*1-2/h6-9,21H,2-5H2,1H3;2*1-2H3. The van der Waals surface area contributed by atoms with E-state index in [-0.39, 0.29) is 0 Å². The van der Waals surface area contributed by atoms with Crippen LogP contribution in [0.25, 0.3) is 21.5 Å². The van der Waals surface area contributed by atoms with Crippen LogP contribution < -0.4 is 9.62 Å². The number of hydrogen-bond acceptors (Lipinski definition) is 8. The van der Waals surface area contributed by atoms with Gasteiger partial charge >= 0.3 is 0 Å². The molecule has 0 atom stereocenters. The van der Waals surface area contributed by atoms with Gasteiger partial charge in [0.25, 0.3) is 0 Å². The Balaban J connectivity index is 0.000000807. The van der Waals surface area contributed by atoms with E-state index >= 15 is 0 Å². The van der Waals surface area contributed by atoms with Gasteiger partial charge in [-0.15, -0.1) is 11.3 Å². The zero-order chi connectivity index (χ0) is 23.0. The average molecular weight is 531 g/mol. The average Bonchev–Trinajstić information content (AvgIpc) is 3.16. The van der Waals surface area contributed by atoms with Gasteiger partial charge in [0.2, 0.25) is 16.0 Å². The van der Waals surface area contributed by atoms with E-state index in [0.717, 1.165) is 45.3 Å². The van der Waals surface area contributed by atoms with Crippen LogP contribution in [0.2, 0.25) is 0 Å². The molecule has 1 aliphatic rings. The second kappa shape index (κ2) is 11.7. The summed E-state index contributed by atoms with van der Waals surface area (Å²) in [6.45, 7) is 10.7. The number of ether oxygens (including phenoxy) is 1. The van der Waals surface area contributed by atoms with Crippen LogP contribution in [0.4, 0.5) is 11.6 Å². The van der Waals surface area contributed by atoms with Gasteiger partial charge in [0.1, 0.15) is 5.52 Å². The molecule has 8 nitrogen and oxygen atoms in total. The summed E-state index contributed by atoms with van der Waals surface area (Å²) in [5.41, 5.74) is 2.67. The summed E-state index contributed by atoms with van der Waals surface area (Å²) < 4.78 is 32.8. The van der Waals surface area contributed by atoms with Crippen molar-refractivity contribution in [2.45, 2.75) is 27.7 Å². The molecule has 170 valence electrons. The fourth-order valence-corrected chi connectivity index (χ4v) is 4.93. The molecule has 0 spiro atoms. The highest BCUT2D eigenvalue weighted by atomic mass is 79.9. The minimum atomic E-state index is -3.39. The zero-order valence-electron chi connectivity index (χ0n) is 18.3. The molecule has 31 heavy (non-hydrogen) atoms. The van der Waals surface area contributed by atoms with Crippen LogP contribution >= 0.6 is 27.3 Å². The molecule has 0 amide bonds. The lowest BCUT2D eigenvalue weighted by molar-refractivity contribution is 0.122. The van der Waals surface area contributed by atoms with Crippen LogP contribution in [-0.2, 0) is 14.8 Å². The van der Waals surface area contributed by atoms with Gasteiger partial charge in [-0.05, 0) is 22.0 Å². The number of aromatic nitrogens is 3. The lowest BCUT2D eigenvalue weighted by atomic mass is 10.2. The number of anilines is 2. The summed E-state index contributed by atoms with van der Waals surface area (Å²) in [5.74, 6) is 0.626. The minimum Gasteiger partial charge on any atom is -0.378 e. The van der Waals surface area contributed by atoms with Gasteiger partial charge in [-0.1, -0.05) is 27.7 Å². The Labute approximate surface area is 196 Å². The summed E-state index contributed by atoms with van der Waals surface area (Å²) in [7, 11) is -3.39. The predicted octanol–water partition coefficient (Wildman–Crippen LogP) is 4.78. The number of nitrogens with one attached hydrogen (secondary N) is 1. The summed E-state index contributed by atoms with van der Waals surface area (Å²) >= 11 is 5.08. The molecule has 11 heteroatoms. The predicted molar refractivity (Wildman–Crippen MR) is 133 cm³/mol. The Bertz CT molecular complexity index is 1100. The maximum Gasteiger partial charge on any atom is 0.229 e. The smallest absolute Gasteiger partial charge is 0.229 e. The first kappa shape index (κ1) is 25.4. The van der Waals surface area contributed by atoms with Gasteiger partial charge in [0.15, 0.2) is 0 Å². The molecule has 0 aliphatic carbocycles. The molecule has 1 fully saturated rings. The molecule has 0 unspecified atom stereocenters. The van der Waals surface area contributed by atoms with Crippen molar-refractivity contribution in [2.24, 2.45) is 0 Å². The van der Waals surface area contributed by atoms with Gasteiger partial charge in [0, 0.05) is 30.2 Å². The minimum absolute atomic E-state index is 0.394. The van der Waals surface area contributed by atoms with Gasteiger partial charge < -0.3 is 9.64 Å². The van der Waals surface area contributed by atoms with Crippen molar-refractivity contribution in [1.82, 2.24) is 15.0 Å². The molecule has 1 aliphatic heterocycles. The number of halogens is 1. The number of sulfonamides is 1. The van der Waals surface area contributed by atoms with Crippen molar-refractivity contribution in [3.8, 4) is 11.3 Å². The first-order valence-electron chi connectivity index (χ1n) is 10.1. The molecule has 0 radical (unpaired) electrons. The third-order valence-corrected chi connectivity index (χ3v) is 6.46. The Morgan fingerprint density at radius 3 is 2.45 bits per heavy atom. The molecule has 3 aromatic rings. The summed E-state index contributed by atoms with van der Waals surface area (Å²) in [4.78, 5) is 15.8. The number of rotatable bonds is 4. The number of nitrogens with zero attached hydrogens (tertiary/aromatic N) is 4. The monoisotopic (exact) mass is 529 g/mol. The Morgan fingerprint density at radius 2 is 1.81 bits per heavy atom. The fourth-order valence-electron chi connectivity index (χ4n) is 2.82. The highest BCUT2D eigenvalue weighted by Gasteiger charge is 2.20. The molecular formula is C20H28BrN5O3S2. The highest BCUT2D eigenvalue weighted by molar-refractivity contribution is 9.10. The van der Waals surface area contributed by atoms with Crippen LogP contribution in [0.1, 0.15) is 27.7 Å². The van der Waals surface area contributed by atoms with E-state index in [0.29, 0.717) is 24.8 Å². The molecule has 3 aromatic heterocycles. The molecule has 1 saturated heterocycles. The van der Waals surface area contributed by atoms with Crippen LogP contribution in [0.3, 0.4) is 0 Å². The van der Waals surface area contributed by atoms with Crippen LogP contribution in [-0.4, -0.2) is 55.9 Å². The SMILES string of the molecule is CC.CC.CS(=O)(=O)Nc1cncc(-c2nc(N3CCOCC3)nc3c(Br)csc23)c1. The van der Waals surface area contributed by atoms with E-state index in [2.05, 4.69) is 30.5 Å². The van der Waals surface area contributed by atoms with Gasteiger partial charge in [-0.3, -0.25) is 9.71 Å². The van der Waals surface area contributed by atoms with Crippen molar-refractivity contribution in [1.29, 1.82) is 0 Å². The van der Waals surface area contributed by atoms with Crippen molar-refractivity contribution in [3.05, 3.63) is 28.3 Å². The normalized spacial score (nSPS) is 13.7. The lowest BCUT2D eigenvalue weighted by Gasteiger charge is -2.27. The van der Waals surface area contributed by atoms with E-state index in [9.17, 15) is 8.42 Å². The van der Waals surface area contributed by atoms with Crippen LogP contribution in [0, 0.1) is 0 Å².